The van der Waals surface area contributed by atoms with Gasteiger partial charge < -0.3 is 15.4 Å². The van der Waals surface area contributed by atoms with Crippen LogP contribution >= 0.6 is 0 Å². The Morgan fingerprint density at radius 2 is 1.78 bits per heavy atom. The van der Waals surface area contributed by atoms with Gasteiger partial charge in [-0.2, -0.15) is 13.2 Å². The van der Waals surface area contributed by atoms with E-state index in [0.717, 1.165) is 35.5 Å². The molecule has 170 valence electrons. The average molecular weight is 451 g/mol. The highest BCUT2D eigenvalue weighted by atomic mass is 19.4. The number of rotatable bonds is 7. The maximum absolute atomic E-state index is 14.2. The van der Waals surface area contributed by atoms with Gasteiger partial charge in [0.25, 0.3) is 5.54 Å². The second kappa shape index (κ2) is 9.37. The van der Waals surface area contributed by atoms with E-state index in [1.807, 2.05) is 24.3 Å². The summed E-state index contributed by atoms with van der Waals surface area (Å²) in [5.74, 6) is -2.61. The number of carbonyl (C=O) groups excluding carboxylic acids is 2. The summed E-state index contributed by atoms with van der Waals surface area (Å²) in [4.78, 5) is 29.2. The number of aliphatic imine (C=N–C) groups is 1. The molecule has 0 radical (unpaired) electrons. The fourth-order valence-electron chi connectivity index (χ4n) is 3.49. The first kappa shape index (κ1) is 23.2. The number of esters is 1. The number of benzene rings is 2. The molecule has 2 aromatic rings. The molecule has 2 amide bonds. The molecule has 10 heteroatoms. The van der Waals surface area contributed by atoms with Gasteiger partial charge in [0.2, 0.25) is 0 Å². The summed E-state index contributed by atoms with van der Waals surface area (Å²) in [5, 5.41) is 4.08. The van der Waals surface area contributed by atoms with E-state index in [1.165, 1.54) is 6.92 Å². The Bertz CT molecular complexity index is 1010. The highest BCUT2D eigenvalue weighted by molar-refractivity contribution is 5.89. The van der Waals surface area contributed by atoms with Crippen LogP contribution in [0.5, 0.6) is 0 Å². The van der Waals surface area contributed by atoms with Gasteiger partial charge in [0.05, 0.1) is 12.3 Å². The van der Waals surface area contributed by atoms with E-state index in [2.05, 4.69) is 15.0 Å². The number of nitrogens with one attached hydrogen (secondary N) is 2. The fourth-order valence-corrected chi connectivity index (χ4v) is 3.49. The quantitative estimate of drug-likeness (QED) is 0.486. The summed E-state index contributed by atoms with van der Waals surface area (Å²) >= 11 is 0. The van der Waals surface area contributed by atoms with Crippen LogP contribution in [0.4, 0.5) is 28.0 Å². The molecule has 3 rings (SSSR count). The number of para-hydroxylation sites is 1. The van der Waals surface area contributed by atoms with Gasteiger partial charge in [0, 0.05) is 18.7 Å². The maximum atomic E-state index is 14.2. The van der Waals surface area contributed by atoms with E-state index in [4.69, 9.17) is 0 Å². The number of amides is 2. The lowest BCUT2D eigenvalue weighted by Gasteiger charge is -2.34. The third-order valence-electron chi connectivity index (χ3n) is 5.06. The standard InChI is InChI=1S/C22H21F4N3O3/c1-2-32-19(30)21(22(24,25)26,15-7-9-16(23)10-8-15)29-20(31)27-12-11-14-13-28-18-6-4-3-5-17(14)18/h3-10,13-14H,2,11-12H2,1H3,(H2,27,29,31)/t14-,21+/m1/s1. The van der Waals surface area contributed by atoms with Crippen LogP contribution in [0, 0.1) is 5.82 Å². The first-order valence-corrected chi connectivity index (χ1v) is 9.88. The molecular formula is C22H21F4N3O3. The van der Waals surface area contributed by atoms with Crippen LogP contribution in [0.25, 0.3) is 0 Å². The van der Waals surface area contributed by atoms with Crippen LogP contribution in [0.3, 0.4) is 0 Å². The number of alkyl halides is 3. The normalized spacial score (nSPS) is 16.7. The number of halogens is 4. The summed E-state index contributed by atoms with van der Waals surface area (Å²) in [6.45, 7) is 1.02. The highest BCUT2D eigenvalue weighted by Crippen LogP contribution is 2.40. The molecule has 6 nitrogen and oxygen atoms in total. The molecule has 0 saturated carbocycles. The molecular weight excluding hydrogens is 430 g/mol. The van der Waals surface area contributed by atoms with Crippen molar-refractivity contribution in [2.45, 2.75) is 31.0 Å². The van der Waals surface area contributed by atoms with E-state index < -0.39 is 35.1 Å². The molecule has 0 bridgehead atoms. The van der Waals surface area contributed by atoms with Crippen LogP contribution in [0.1, 0.15) is 30.4 Å². The topological polar surface area (TPSA) is 79.8 Å². The minimum Gasteiger partial charge on any atom is -0.464 e. The molecule has 0 spiro atoms. The summed E-state index contributed by atoms with van der Waals surface area (Å²) < 4.78 is 60.5. The Hall–Kier alpha value is -3.43. The molecule has 2 atom stereocenters. The lowest BCUT2D eigenvalue weighted by molar-refractivity contribution is -0.214. The Morgan fingerprint density at radius 1 is 1.09 bits per heavy atom. The molecule has 0 saturated heterocycles. The largest absolute Gasteiger partial charge is 0.464 e. The Kier molecular flexibility index (Phi) is 6.81. The number of ether oxygens (including phenoxy) is 1. The average Bonchev–Trinajstić information content (AvgIpc) is 3.15. The minimum atomic E-state index is -5.26. The van der Waals surface area contributed by atoms with Gasteiger partial charge in [-0.25, -0.2) is 14.0 Å². The summed E-state index contributed by atoms with van der Waals surface area (Å²) in [5.41, 5.74) is -2.41. The molecule has 2 N–H and O–H groups in total. The SMILES string of the molecule is CCOC(=O)[C@@](NC(=O)NCC[C@@H]1C=Nc2ccccc21)(c1ccc(F)cc1)C(F)(F)F. The van der Waals surface area contributed by atoms with Gasteiger partial charge in [0.15, 0.2) is 0 Å². The Balaban J connectivity index is 1.77. The summed E-state index contributed by atoms with van der Waals surface area (Å²) in [7, 11) is 0. The van der Waals surface area contributed by atoms with E-state index >= 15 is 0 Å². The van der Waals surface area contributed by atoms with Gasteiger partial charge in [-0.3, -0.25) is 4.99 Å². The van der Waals surface area contributed by atoms with Crippen molar-refractivity contribution in [2.75, 3.05) is 13.2 Å². The van der Waals surface area contributed by atoms with Crippen LogP contribution in [-0.2, 0) is 15.1 Å². The Labute approximate surface area is 181 Å². The van der Waals surface area contributed by atoms with Crippen molar-refractivity contribution >= 4 is 23.9 Å². The molecule has 0 unspecified atom stereocenters. The molecule has 0 fully saturated rings. The zero-order chi connectivity index (χ0) is 23.4. The van der Waals surface area contributed by atoms with E-state index in [-0.39, 0.29) is 19.1 Å². The number of hydrogen-bond donors (Lipinski definition) is 2. The third kappa shape index (κ3) is 4.58. The molecule has 0 aliphatic carbocycles. The van der Waals surface area contributed by atoms with E-state index in [1.54, 1.807) is 11.5 Å². The Morgan fingerprint density at radius 3 is 2.44 bits per heavy atom. The van der Waals surface area contributed by atoms with Crippen LogP contribution in [0.2, 0.25) is 0 Å². The van der Waals surface area contributed by atoms with Gasteiger partial charge in [-0.05, 0) is 42.7 Å². The number of fused-ring (bicyclic) bond motifs is 1. The highest BCUT2D eigenvalue weighted by Gasteiger charge is 2.64. The lowest BCUT2D eigenvalue weighted by atomic mass is 9.89. The predicted molar refractivity (Wildman–Crippen MR) is 109 cm³/mol. The zero-order valence-electron chi connectivity index (χ0n) is 17.1. The summed E-state index contributed by atoms with van der Waals surface area (Å²) in [6.07, 6.45) is -3.16. The smallest absolute Gasteiger partial charge is 0.426 e. The third-order valence-corrected chi connectivity index (χ3v) is 5.06. The predicted octanol–water partition coefficient (Wildman–Crippen LogP) is 4.34. The second-order valence-corrected chi connectivity index (χ2v) is 7.09. The van der Waals surface area contributed by atoms with Gasteiger partial charge in [-0.1, -0.05) is 30.3 Å². The first-order valence-electron chi connectivity index (χ1n) is 9.88. The lowest BCUT2D eigenvalue weighted by Crippen LogP contribution is -2.63. The molecule has 1 heterocycles. The number of urea groups is 1. The fraction of sp³-hybridized carbons (Fsp3) is 0.318. The van der Waals surface area contributed by atoms with Crippen LogP contribution < -0.4 is 10.6 Å². The van der Waals surface area contributed by atoms with E-state index in [0.29, 0.717) is 6.42 Å². The van der Waals surface area contributed by atoms with Crippen molar-refractivity contribution in [1.29, 1.82) is 0 Å². The van der Waals surface area contributed by atoms with Crippen molar-refractivity contribution < 1.29 is 31.9 Å². The van der Waals surface area contributed by atoms with Crippen LogP contribution in [0.15, 0.2) is 53.5 Å². The molecule has 0 aromatic heterocycles. The van der Waals surface area contributed by atoms with E-state index in [9.17, 15) is 27.2 Å². The van der Waals surface area contributed by atoms with Gasteiger partial charge in [0.1, 0.15) is 5.82 Å². The minimum absolute atomic E-state index is 0.0248. The molecule has 32 heavy (non-hydrogen) atoms. The maximum Gasteiger partial charge on any atom is 0.426 e. The zero-order valence-corrected chi connectivity index (χ0v) is 17.1. The van der Waals surface area contributed by atoms with Gasteiger partial charge >= 0.3 is 18.2 Å². The number of hydrogen-bond acceptors (Lipinski definition) is 4. The van der Waals surface area contributed by atoms with Crippen LogP contribution in [-0.4, -0.2) is 37.5 Å². The monoisotopic (exact) mass is 451 g/mol. The second-order valence-electron chi connectivity index (χ2n) is 7.09. The van der Waals surface area contributed by atoms with Crippen molar-refractivity contribution in [3.05, 3.63) is 65.5 Å². The van der Waals surface area contributed by atoms with Crippen molar-refractivity contribution in [2.24, 2.45) is 4.99 Å². The molecule has 1 aliphatic heterocycles. The number of nitrogens with zero attached hydrogens (tertiary/aromatic N) is 1. The molecule has 1 aliphatic rings. The first-order chi connectivity index (χ1) is 15.2. The van der Waals surface area contributed by atoms with Crippen molar-refractivity contribution in [1.82, 2.24) is 10.6 Å². The molecule has 2 aromatic carbocycles. The van der Waals surface area contributed by atoms with Gasteiger partial charge in [-0.15, -0.1) is 0 Å². The number of carbonyl (C=O) groups is 2. The van der Waals surface area contributed by atoms with Crippen molar-refractivity contribution in [3.8, 4) is 0 Å². The van der Waals surface area contributed by atoms with Crippen molar-refractivity contribution in [3.63, 3.8) is 0 Å². The summed E-state index contributed by atoms with van der Waals surface area (Å²) in [6, 6.07) is 9.30.